The number of amides is 4. The second-order valence-corrected chi connectivity index (χ2v) is 31.0. The summed E-state index contributed by atoms with van der Waals surface area (Å²) in [4.78, 5) is 51.6. The monoisotopic (exact) mass is 1790 g/mol. The van der Waals surface area contributed by atoms with Gasteiger partial charge in [-0.1, -0.05) is 0 Å². The minimum atomic E-state index is -2.63. The van der Waals surface area contributed by atoms with E-state index >= 15 is 0 Å². The van der Waals surface area contributed by atoms with Crippen molar-refractivity contribution < 1.29 is 247 Å². The fourth-order valence-electron chi connectivity index (χ4n) is 15.8. The largest absolute Gasteiger partial charge is 0.394 e. The van der Waals surface area contributed by atoms with Gasteiger partial charge in [-0.05, 0) is 6.92 Å². The van der Waals surface area contributed by atoms with Crippen molar-refractivity contribution in [3.05, 3.63) is 0 Å². The van der Waals surface area contributed by atoms with Crippen molar-refractivity contribution in [3.63, 3.8) is 0 Å². The predicted molar refractivity (Wildman–Crippen MR) is 375 cm³/mol. The summed E-state index contributed by atoms with van der Waals surface area (Å²) in [6, 6.07) is -7.69. The number of aliphatic hydroxyl groups is 27. The van der Waals surface area contributed by atoms with Crippen molar-refractivity contribution in [1.29, 1.82) is 0 Å². The highest BCUT2D eigenvalue weighted by atomic mass is 16.8. The third-order valence-corrected chi connectivity index (χ3v) is 22.4. The van der Waals surface area contributed by atoms with Gasteiger partial charge in [-0.15, -0.1) is 0 Å². The van der Waals surface area contributed by atoms with E-state index in [2.05, 4.69) is 21.3 Å². The molecule has 54 nitrogen and oxygen atoms in total. The lowest BCUT2D eigenvalue weighted by molar-refractivity contribution is -0.399. The Morgan fingerprint density at radius 3 is 0.893 bits per heavy atom. The average molecular weight is 1790 g/mol. The molecule has 54 heteroatoms. The van der Waals surface area contributed by atoms with Crippen LogP contribution in [-0.2, 0) is 109 Å². The summed E-state index contributed by atoms with van der Waals surface area (Å²) < 4.78 is 113. The number of hydrogen-bond acceptors (Lipinski definition) is 50. The number of nitrogens with one attached hydrogen (secondary N) is 4. The lowest BCUT2D eigenvalue weighted by atomic mass is 9.93. The molecule has 0 aliphatic carbocycles. The predicted octanol–water partition coefficient (Wildman–Crippen LogP) is -21.2. The molecule has 4 amide bonds. The van der Waals surface area contributed by atoms with Crippen LogP contribution in [0.4, 0.5) is 0 Å². The summed E-state index contributed by atoms with van der Waals surface area (Å²) in [6.07, 6.45) is -95.2. The van der Waals surface area contributed by atoms with Crippen LogP contribution in [0.15, 0.2) is 0 Å². The molecule has 0 spiro atoms. The third-order valence-electron chi connectivity index (χ3n) is 22.4. The van der Waals surface area contributed by atoms with Gasteiger partial charge >= 0.3 is 0 Å². The SMILES string of the molecule is CC(=O)N[C@@H]1[C@@H](O)[C@H](O[C@@H]2O[C@H](CO)[C@@H](O[C@@H]3O[C@H](CO[C@H]4O[C@H](CO)[C@@H](O)[C@H](O)[C@@H]4O[C@@H]4O[C@H](CO)[C@@H](O[C@H]5O[C@H](CO)[C@H](O)[C@H](O)[C@H]5O)[C@H](O)[C@H]4NC(C)=O)[C@@H](O)[C@H](O[C@H]4O[C@H](CO)[C@@H](O)[C@H](O)[C@@H]4O[C@@H]4O[C@H](CO)[C@@H](O[C@H]5O[C@H](CO)[C@H](O)[C@H](O)[C@H]5O)[C@H](O)[C@H]4NC(C)=O)[C@@H]3O)[C@H](O)[C@H]2NC(C)=O)[C@@H](CO[C@@H]2O[C@@H](C)[C@@H](O)[C@@H](O)[C@@H]2O)O[C@H]1O. The average Bonchev–Trinajstić information content (AvgIpc) is 0.770. The van der Waals surface area contributed by atoms with Gasteiger partial charge < -0.3 is 249 Å². The van der Waals surface area contributed by atoms with Crippen molar-refractivity contribution >= 4 is 23.6 Å². The van der Waals surface area contributed by atoms with Crippen LogP contribution in [0.2, 0.25) is 0 Å². The van der Waals surface area contributed by atoms with E-state index in [1.807, 2.05) is 0 Å². The molecule has 0 aromatic carbocycles. The molecule has 122 heavy (non-hydrogen) atoms. The van der Waals surface area contributed by atoms with Crippen LogP contribution in [0.25, 0.3) is 0 Å². The van der Waals surface area contributed by atoms with Gasteiger partial charge in [-0.3, -0.25) is 19.2 Å². The van der Waals surface area contributed by atoms with Crippen molar-refractivity contribution in [3.8, 4) is 0 Å². The lowest BCUT2D eigenvalue weighted by Crippen LogP contribution is -2.71. The van der Waals surface area contributed by atoms with Crippen molar-refractivity contribution in [1.82, 2.24) is 21.3 Å². The molecule has 0 aromatic heterocycles. The molecule has 10 aliphatic heterocycles. The van der Waals surface area contributed by atoms with Crippen LogP contribution in [0.3, 0.4) is 0 Å². The van der Waals surface area contributed by atoms with Crippen molar-refractivity contribution in [2.75, 3.05) is 59.5 Å². The van der Waals surface area contributed by atoms with E-state index in [1.165, 1.54) is 6.92 Å². The molecule has 10 heterocycles. The van der Waals surface area contributed by atoms with E-state index in [-0.39, 0.29) is 0 Å². The summed E-state index contributed by atoms with van der Waals surface area (Å²) in [6.45, 7) is -4.83. The maximum absolute atomic E-state index is 13.3. The Bertz CT molecular complexity index is 3290. The van der Waals surface area contributed by atoms with Crippen molar-refractivity contribution in [2.24, 2.45) is 0 Å². The van der Waals surface area contributed by atoms with Gasteiger partial charge in [0.25, 0.3) is 0 Å². The zero-order chi connectivity index (χ0) is 89.8. The number of hydrogen-bond donors (Lipinski definition) is 31. The highest BCUT2D eigenvalue weighted by molar-refractivity contribution is 5.74. The summed E-state index contributed by atoms with van der Waals surface area (Å²) in [5.41, 5.74) is 0. The summed E-state index contributed by atoms with van der Waals surface area (Å²) in [7, 11) is 0. The first-order valence-corrected chi connectivity index (χ1v) is 39.0. The number of aliphatic hydroxyl groups excluding tert-OH is 27. The number of rotatable bonds is 31. The molecule has 10 fully saturated rings. The van der Waals surface area contributed by atoms with E-state index < -0.39 is 390 Å². The smallest absolute Gasteiger partial charge is 0.217 e. The molecule has 0 saturated carbocycles. The second-order valence-electron chi connectivity index (χ2n) is 31.0. The standard InChI is InChI=1S/C68H114N4O50/c1-15-33(84)43(94)48(99)63(106-15)104-14-28-55(39(90)29(59(103)107-28)69-16(2)80)116-60-30(70-17(3)81)40(91)54(26(12-79)112-60)119-66-51(102)56(120-68-58(47(98)37(88)23(9-76)111-68)122-62-32(72-19(5)83)42(93)53(25(11-78)114-62)118-65-50(101)45(96)35(86)21(7-74)109-65)38(89)27(115-66)13-105-67-57(46(97)36(87)22(8-75)110-67)121-61-31(71-18(4)82)41(92)52(24(10-77)113-61)117-64-49(100)44(95)34(85)20(6-73)108-64/h15,20-68,73-79,84-103H,6-14H2,1-5H3,(H,69,80)(H,70,81)(H,71,82)(H,72,83)/t15-,20+,21+,22+,23+,24+,25+,26+,27+,28+,29+,30+,31+,32+,33+,34-,35-,36+,37+,38+,39+,40+,41+,42+,43+,44-,45-,46-,47-,48-,49+,50+,51-,52+,53+,54+,55+,56-,57-,58-,59+,60-,61-,62-,63+,64+,65+,66-,67-,68+/m0/s1. The molecule has 10 rings (SSSR count). The highest BCUT2D eigenvalue weighted by Crippen LogP contribution is 2.41. The number of carbonyl (C=O) groups excluding carboxylic acids is 4. The summed E-state index contributed by atoms with van der Waals surface area (Å²) in [5.74, 6) is -3.76. The molecule has 0 unspecified atom stereocenters. The number of carbonyl (C=O) groups is 4. The highest BCUT2D eigenvalue weighted by Gasteiger charge is 2.62. The Kier molecular flexibility index (Phi) is 35.8. The van der Waals surface area contributed by atoms with Gasteiger partial charge in [0, 0.05) is 27.7 Å². The third kappa shape index (κ3) is 22.0. The van der Waals surface area contributed by atoms with E-state index in [4.69, 9.17) is 90.0 Å². The lowest BCUT2D eigenvalue weighted by Gasteiger charge is -2.51. The Morgan fingerprint density at radius 1 is 0.230 bits per heavy atom. The quantitative estimate of drug-likeness (QED) is 0.0306. The van der Waals surface area contributed by atoms with Crippen LogP contribution in [0.1, 0.15) is 34.6 Å². The van der Waals surface area contributed by atoms with Crippen LogP contribution in [0, 0.1) is 0 Å². The van der Waals surface area contributed by atoms with Crippen molar-refractivity contribution in [2.45, 2.75) is 341 Å². The van der Waals surface area contributed by atoms with Gasteiger partial charge in [0.15, 0.2) is 62.9 Å². The topological polar surface area (TPSA) is 838 Å². The molecular formula is C68H114N4O50. The maximum Gasteiger partial charge on any atom is 0.217 e. The van der Waals surface area contributed by atoms with Gasteiger partial charge in [0.05, 0.1) is 65.6 Å². The fraction of sp³-hybridized carbons (Fsp3) is 0.941. The van der Waals surface area contributed by atoms with Crippen LogP contribution in [-0.4, -0.2) is 528 Å². The molecule has 10 aliphatic rings. The van der Waals surface area contributed by atoms with Gasteiger partial charge in [0.2, 0.25) is 23.6 Å². The molecule has 10 saturated heterocycles. The van der Waals surface area contributed by atoms with Gasteiger partial charge in [0.1, 0.15) is 238 Å². The molecule has 0 radical (unpaired) electrons. The molecule has 0 bridgehead atoms. The molecule has 0 aromatic rings. The van der Waals surface area contributed by atoms with Crippen LogP contribution in [0.5, 0.6) is 0 Å². The second kappa shape index (κ2) is 43.6. The Morgan fingerprint density at radius 2 is 0.500 bits per heavy atom. The van der Waals surface area contributed by atoms with E-state index in [1.54, 1.807) is 0 Å². The Labute approximate surface area is 691 Å². The minimum Gasteiger partial charge on any atom is -0.394 e. The normalized spacial score (nSPS) is 49.7. The van der Waals surface area contributed by atoms with Crippen LogP contribution >= 0.6 is 0 Å². The molecule has 706 valence electrons. The number of ether oxygens (including phenoxy) is 19. The molecule has 50 atom stereocenters. The van der Waals surface area contributed by atoms with Gasteiger partial charge in [-0.2, -0.15) is 0 Å². The van der Waals surface area contributed by atoms with Gasteiger partial charge in [-0.25, -0.2) is 0 Å². The zero-order valence-corrected chi connectivity index (χ0v) is 65.7. The van der Waals surface area contributed by atoms with Crippen LogP contribution < -0.4 is 21.3 Å². The first-order valence-electron chi connectivity index (χ1n) is 39.0. The first-order chi connectivity index (χ1) is 57.7. The Balaban J connectivity index is 0.983. The van der Waals surface area contributed by atoms with E-state index in [0.29, 0.717) is 0 Å². The fourth-order valence-corrected chi connectivity index (χ4v) is 15.8. The molecule has 31 N–H and O–H groups in total. The van der Waals surface area contributed by atoms with E-state index in [0.717, 1.165) is 27.7 Å². The van der Waals surface area contributed by atoms with E-state index in [9.17, 15) is 157 Å². The zero-order valence-electron chi connectivity index (χ0n) is 65.7. The minimum absolute atomic E-state index is 0.846. The first kappa shape index (κ1) is 100. The Hall–Kier alpha value is -3.96. The summed E-state index contributed by atoms with van der Waals surface area (Å²) in [5, 5.41) is 310. The molecular weight excluding hydrogens is 1670 g/mol. The maximum atomic E-state index is 13.3. The summed E-state index contributed by atoms with van der Waals surface area (Å²) >= 11 is 0.